The van der Waals surface area contributed by atoms with Crippen molar-refractivity contribution < 1.29 is 9.53 Å². The van der Waals surface area contributed by atoms with Gasteiger partial charge in [0, 0.05) is 18.0 Å². The number of fused-ring (bicyclic) bond motifs is 1. The molecule has 0 spiro atoms. The number of carbonyl (C=O) groups excluding carboxylic acids is 1. The molecule has 1 aliphatic carbocycles. The van der Waals surface area contributed by atoms with Crippen LogP contribution in [-0.2, 0) is 30.7 Å². The van der Waals surface area contributed by atoms with E-state index >= 15 is 0 Å². The van der Waals surface area contributed by atoms with Gasteiger partial charge in [0.2, 0.25) is 0 Å². The Morgan fingerprint density at radius 3 is 2.20 bits per heavy atom. The number of hydrogen-bond acceptors (Lipinski definition) is 4. The van der Waals surface area contributed by atoms with Crippen LogP contribution in [0.25, 0.3) is 0 Å². The number of aryl methyl sites for hydroxylation is 1. The third kappa shape index (κ3) is 4.55. The monoisotopic (exact) mass is 436 g/mol. The van der Waals surface area contributed by atoms with E-state index < -0.39 is 0 Å². The number of carbonyl (C=O) groups is 1. The predicted molar refractivity (Wildman–Crippen MR) is 126 cm³/mol. The van der Waals surface area contributed by atoms with Crippen molar-refractivity contribution in [2.75, 3.05) is 12.4 Å². The smallest absolute Gasteiger partial charge is 0.341 e. The number of thiophene rings is 1. The number of nitrogens with zero attached hydrogens (tertiary/aromatic N) is 1. The molecule has 0 fully saturated rings. The predicted octanol–water partition coefficient (Wildman–Crippen LogP) is 5.42. The summed E-state index contributed by atoms with van der Waals surface area (Å²) in [6.45, 7) is 1.36. The summed E-state index contributed by atoms with van der Waals surface area (Å²) < 4.78 is 5.06. The standard InChI is InChI=1S/C24H24N2O2S2/c1-28-23(27)21-19-13-8-14-20(19)30-22(21)25-24(29)26(15-17-9-4-2-5-10-17)16-18-11-6-3-7-12-18/h2-7,9-12H,8,13-16H2,1H3,(H,25,29). The van der Waals surface area contributed by atoms with Crippen molar-refractivity contribution in [1.29, 1.82) is 0 Å². The molecule has 0 unspecified atom stereocenters. The van der Waals surface area contributed by atoms with Crippen LogP contribution in [0.3, 0.4) is 0 Å². The van der Waals surface area contributed by atoms with Gasteiger partial charge in [-0.15, -0.1) is 11.3 Å². The van der Waals surface area contributed by atoms with Gasteiger partial charge in [-0.2, -0.15) is 0 Å². The Morgan fingerprint density at radius 2 is 1.63 bits per heavy atom. The van der Waals surface area contributed by atoms with Crippen LogP contribution in [0.2, 0.25) is 0 Å². The van der Waals surface area contributed by atoms with E-state index in [9.17, 15) is 4.79 Å². The summed E-state index contributed by atoms with van der Waals surface area (Å²) >= 11 is 7.44. The molecule has 1 aliphatic rings. The zero-order chi connectivity index (χ0) is 20.9. The first-order valence-corrected chi connectivity index (χ1v) is 11.2. The van der Waals surface area contributed by atoms with Crippen LogP contribution in [-0.4, -0.2) is 23.1 Å². The maximum atomic E-state index is 12.5. The summed E-state index contributed by atoms with van der Waals surface area (Å²) in [5.74, 6) is -0.294. The second-order valence-electron chi connectivity index (χ2n) is 7.31. The van der Waals surface area contributed by atoms with E-state index in [-0.39, 0.29) is 5.97 Å². The number of hydrogen-bond donors (Lipinski definition) is 1. The average molecular weight is 437 g/mol. The molecule has 0 saturated heterocycles. The van der Waals surface area contributed by atoms with Crippen molar-refractivity contribution in [1.82, 2.24) is 4.90 Å². The molecular weight excluding hydrogens is 412 g/mol. The normalized spacial score (nSPS) is 12.3. The number of esters is 1. The van der Waals surface area contributed by atoms with Gasteiger partial charge in [0.1, 0.15) is 5.00 Å². The molecule has 4 rings (SSSR count). The Labute approximate surface area is 186 Å². The quantitative estimate of drug-likeness (QED) is 0.413. The van der Waals surface area contributed by atoms with Crippen molar-refractivity contribution >= 4 is 39.6 Å². The molecular formula is C24H24N2O2S2. The highest BCUT2D eigenvalue weighted by molar-refractivity contribution is 7.80. The molecule has 0 aliphatic heterocycles. The van der Waals surface area contributed by atoms with E-state index in [1.54, 1.807) is 11.3 Å². The molecule has 154 valence electrons. The fourth-order valence-corrected chi connectivity index (χ4v) is 5.37. The fraction of sp³-hybridized carbons (Fsp3) is 0.250. The van der Waals surface area contributed by atoms with Crippen molar-refractivity contribution in [3.8, 4) is 0 Å². The van der Waals surface area contributed by atoms with E-state index in [1.165, 1.54) is 23.1 Å². The van der Waals surface area contributed by atoms with Crippen LogP contribution >= 0.6 is 23.6 Å². The highest BCUT2D eigenvalue weighted by atomic mass is 32.1. The van der Waals surface area contributed by atoms with E-state index in [1.807, 2.05) is 36.4 Å². The largest absolute Gasteiger partial charge is 0.465 e. The maximum absolute atomic E-state index is 12.5. The molecule has 0 saturated carbocycles. The number of thiocarbonyl (C=S) groups is 1. The minimum atomic E-state index is -0.294. The number of anilines is 1. The van der Waals surface area contributed by atoms with Gasteiger partial charge in [-0.25, -0.2) is 4.79 Å². The highest BCUT2D eigenvalue weighted by Gasteiger charge is 2.28. The second kappa shape index (κ2) is 9.41. The van der Waals surface area contributed by atoms with E-state index in [4.69, 9.17) is 17.0 Å². The van der Waals surface area contributed by atoms with Crippen LogP contribution in [0.5, 0.6) is 0 Å². The lowest BCUT2D eigenvalue weighted by Crippen LogP contribution is -2.34. The summed E-state index contributed by atoms with van der Waals surface area (Å²) in [6.07, 6.45) is 3.02. The number of rotatable bonds is 6. The molecule has 1 aromatic heterocycles. The molecule has 2 aromatic carbocycles. The Kier molecular flexibility index (Phi) is 6.45. The lowest BCUT2D eigenvalue weighted by molar-refractivity contribution is 0.0601. The first kappa shape index (κ1) is 20.6. The van der Waals surface area contributed by atoms with E-state index in [2.05, 4.69) is 34.5 Å². The van der Waals surface area contributed by atoms with Gasteiger partial charge in [-0.3, -0.25) is 0 Å². The van der Waals surface area contributed by atoms with Crippen LogP contribution in [0.1, 0.15) is 38.3 Å². The molecule has 1 heterocycles. The summed E-state index contributed by atoms with van der Waals surface area (Å²) in [6, 6.07) is 20.5. The van der Waals surface area contributed by atoms with Crippen molar-refractivity contribution in [3.05, 3.63) is 87.8 Å². The lowest BCUT2D eigenvalue weighted by atomic mass is 10.1. The van der Waals surface area contributed by atoms with Gasteiger partial charge >= 0.3 is 5.97 Å². The Bertz CT molecular complexity index is 991. The minimum absolute atomic E-state index is 0.294. The summed E-state index contributed by atoms with van der Waals surface area (Å²) in [5.41, 5.74) is 4.13. The van der Waals surface area contributed by atoms with Gasteiger partial charge in [0.05, 0.1) is 12.7 Å². The minimum Gasteiger partial charge on any atom is -0.465 e. The second-order valence-corrected chi connectivity index (χ2v) is 8.80. The lowest BCUT2D eigenvalue weighted by Gasteiger charge is -2.26. The number of benzene rings is 2. The Morgan fingerprint density at radius 1 is 1.03 bits per heavy atom. The molecule has 3 aromatic rings. The number of ether oxygens (including phenoxy) is 1. The maximum Gasteiger partial charge on any atom is 0.341 e. The molecule has 0 amide bonds. The van der Waals surface area contributed by atoms with Gasteiger partial charge in [-0.1, -0.05) is 60.7 Å². The summed E-state index contributed by atoms with van der Waals surface area (Å²) in [5, 5.41) is 4.77. The number of nitrogens with one attached hydrogen (secondary N) is 1. The first-order valence-electron chi connectivity index (χ1n) is 10.0. The molecule has 4 nitrogen and oxygen atoms in total. The summed E-state index contributed by atoms with van der Waals surface area (Å²) in [7, 11) is 1.43. The van der Waals surface area contributed by atoms with Crippen LogP contribution in [0.4, 0.5) is 5.00 Å². The van der Waals surface area contributed by atoms with Crippen LogP contribution in [0, 0.1) is 0 Å². The van der Waals surface area contributed by atoms with Crippen molar-refractivity contribution in [3.63, 3.8) is 0 Å². The van der Waals surface area contributed by atoms with Gasteiger partial charge in [-0.05, 0) is 48.2 Å². The molecule has 0 bridgehead atoms. The SMILES string of the molecule is COC(=O)c1c(NC(=S)N(Cc2ccccc2)Cc2ccccc2)sc2c1CCC2. The molecule has 30 heavy (non-hydrogen) atoms. The van der Waals surface area contributed by atoms with Gasteiger partial charge < -0.3 is 15.0 Å². The van der Waals surface area contributed by atoms with Crippen molar-refractivity contribution in [2.24, 2.45) is 0 Å². The number of methoxy groups -OCH3 is 1. The van der Waals surface area contributed by atoms with E-state index in [0.717, 1.165) is 29.8 Å². The molecule has 1 N–H and O–H groups in total. The third-order valence-corrected chi connectivity index (χ3v) is 6.82. The molecule has 0 atom stereocenters. The van der Waals surface area contributed by atoms with Crippen molar-refractivity contribution in [2.45, 2.75) is 32.4 Å². The molecule has 0 radical (unpaired) electrons. The van der Waals surface area contributed by atoms with E-state index in [0.29, 0.717) is 23.8 Å². The molecule has 6 heteroatoms. The van der Waals surface area contributed by atoms with Crippen LogP contribution < -0.4 is 5.32 Å². The first-order chi connectivity index (χ1) is 14.7. The Balaban J connectivity index is 1.60. The van der Waals surface area contributed by atoms with Crippen LogP contribution in [0.15, 0.2) is 60.7 Å². The zero-order valence-corrected chi connectivity index (χ0v) is 18.5. The fourth-order valence-electron chi connectivity index (χ4n) is 3.79. The topological polar surface area (TPSA) is 41.6 Å². The highest BCUT2D eigenvalue weighted by Crippen LogP contribution is 2.39. The third-order valence-electron chi connectivity index (χ3n) is 5.25. The van der Waals surface area contributed by atoms with Gasteiger partial charge in [0.25, 0.3) is 0 Å². The van der Waals surface area contributed by atoms with Gasteiger partial charge in [0.15, 0.2) is 5.11 Å². The average Bonchev–Trinajstić information content (AvgIpc) is 3.35. The summed E-state index contributed by atoms with van der Waals surface area (Å²) in [4.78, 5) is 15.9. The zero-order valence-electron chi connectivity index (χ0n) is 16.9. The Hall–Kier alpha value is -2.70.